The van der Waals surface area contributed by atoms with Crippen LogP contribution in [0.15, 0.2) is 12.2 Å². The molecule has 0 aromatic carbocycles. The van der Waals surface area contributed by atoms with E-state index in [2.05, 4.69) is 12.6 Å². The average Bonchev–Trinajstić information content (AvgIpc) is 1.84. The van der Waals surface area contributed by atoms with Crippen LogP contribution >= 0.6 is 12.6 Å². The molecule has 0 radical (unpaired) electrons. The van der Waals surface area contributed by atoms with E-state index in [1.807, 2.05) is 0 Å². The molecule has 1 unspecified atom stereocenters. The molecule has 0 aliphatic carbocycles. The first-order valence-electron chi connectivity index (χ1n) is 3.61. The van der Waals surface area contributed by atoms with E-state index in [4.69, 9.17) is 0 Å². The molecule has 0 aliphatic heterocycles. The number of rotatable bonds is 3. The Labute approximate surface area is 72.1 Å². The maximum Gasteiger partial charge on any atom is 0.268 e. The standard InChI is InChI=1S/C8H14F2S/c1-6(2)8(9,10)5-4-7(3)11/h4-7,11H,1-3H3/b5-4-. The van der Waals surface area contributed by atoms with Crippen LogP contribution in [0, 0.1) is 5.92 Å². The lowest BCUT2D eigenvalue weighted by Crippen LogP contribution is -2.20. The summed E-state index contributed by atoms with van der Waals surface area (Å²) in [5.41, 5.74) is 0. The van der Waals surface area contributed by atoms with Gasteiger partial charge in [-0.1, -0.05) is 26.8 Å². The van der Waals surface area contributed by atoms with Crippen molar-refractivity contribution in [3.63, 3.8) is 0 Å². The first-order valence-corrected chi connectivity index (χ1v) is 4.13. The van der Waals surface area contributed by atoms with Crippen LogP contribution in [0.25, 0.3) is 0 Å². The highest BCUT2D eigenvalue weighted by atomic mass is 32.1. The lowest BCUT2D eigenvalue weighted by Gasteiger charge is -2.15. The summed E-state index contributed by atoms with van der Waals surface area (Å²) in [4.78, 5) is 0. The zero-order valence-electron chi connectivity index (χ0n) is 7.01. The molecule has 0 aliphatic rings. The zero-order valence-corrected chi connectivity index (χ0v) is 7.91. The highest BCUT2D eigenvalue weighted by Crippen LogP contribution is 2.25. The van der Waals surface area contributed by atoms with Crippen molar-refractivity contribution >= 4 is 12.6 Å². The predicted octanol–water partition coefficient (Wildman–Crippen LogP) is 3.15. The van der Waals surface area contributed by atoms with Gasteiger partial charge < -0.3 is 0 Å². The van der Waals surface area contributed by atoms with Gasteiger partial charge in [-0.3, -0.25) is 0 Å². The van der Waals surface area contributed by atoms with Crippen molar-refractivity contribution in [1.29, 1.82) is 0 Å². The molecule has 0 aromatic rings. The Kier molecular flexibility index (Phi) is 4.08. The normalized spacial score (nSPS) is 16.3. The van der Waals surface area contributed by atoms with E-state index in [1.165, 1.54) is 19.9 Å². The second kappa shape index (κ2) is 4.10. The predicted molar refractivity (Wildman–Crippen MR) is 47.4 cm³/mol. The first kappa shape index (κ1) is 11.0. The van der Waals surface area contributed by atoms with Crippen molar-refractivity contribution in [1.82, 2.24) is 0 Å². The second-order valence-corrected chi connectivity index (χ2v) is 3.74. The van der Waals surface area contributed by atoms with Gasteiger partial charge in [0, 0.05) is 11.2 Å². The summed E-state index contributed by atoms with van der Waals surface area (Å²) in [6.07, 6.45) is 2.33. The summed E-state index contributed by atoms with van der Waals surface area (Å²) < 4.78 is 25.6. The lowest BCUT2D eigenvalue weighted by molar-refractivity contribution is 0.00608. The molecule has 0 amide bonds. The van der Waals surface area contributed by atoms with Crippen molar-refractivity contribution in [3.05, 3.63) is 12.2 Å². The minimum Gasteiger partial charge on any atom is -0.202 e. The van der Waals surface area contributed by atoms with E-state index in [1.54, 1.807) is 6.92 Å². The van der Waals surface area contributed by atoms with Crippen LogP contribution in [0.2, 0.25) is 0 Å². The highest BCUT2D eigenvalue weighted by molar-refractivity contribution is 7.81. The SMILES string of the molecule is CC(S)/C=C\C(F)(F)C(C)C. The fourth-order valence-electron chi connectivity index (χ4n) is 0.460. The number of allylic oxidation sites excluding steroid dienone is 1. The Morgan fingerprint density at radius 2 is 1.73 bits per heavy atom. The number of halogens is 2. The van der Waals surface area contributed by atoms with Crippen LogP contribution in [0.5, 0.6) is 0 Å². The third kappa shape index (κ3) is 4.40. The molecule has 0 saturated heterocycles. The van der Waals surface area contributed by atoms with Gasteiger partial charge in [0.15, 0.2) is 0 Å². The van der Waals surface area contributed by atoms with Gasteiger partial charge in [0.2, 0.25) is 0 Å². The first-order chi connectivity index (χ1) is 4.86. The van der Waals surface area contributed by atoms with Gasteiger partial charge in [0.1, 0.15) is 0 Å². The molecule has 0 spiro atoms. The number of alkyl halides is 2. The van der Waals surface area contributed by atoms with Crippen LogP contribution in [0.1, 0.15) is 20.8 Å². The quantitative estimate of drug-likeness (QED) is 0.500. The van der Waals surface area contributed by atoms with Crippen molar-refractivity contribution in [2.45, 2.75) is 31.9 Å². The van der Waals surface area contributed by atoms with Gasteiger partial charge >= 0.3 is 0 Å². The van der Waals surface area contributed by atoms with Gasteiger partial charge in [-0.15, -0.1) is 0 Å². The van der Waals surface area contributed by atoms with E-state index >= 15 is 0 Å². The largest absolute Gasteiger partial charge is 0.268 e. The third-order valence-corrected chi connectivity index (χ3v) is 1.54. The Balaban J connectivity index is 4.11. The Morgan fingerprint density at radius 3 is 2.00 bits per heavy atom. The molecule has 0 nitrogen and oxygen atoms in total. The fraction of sp³-hybridized carbons (Fsp3) is 0.750. The summed E-state index contributed by atoms with van der Waals surface area (Å²) in [5.74, 6) is -3.34. The highest BCUT2D eigenvalue weighted by Gasteiger charge is 2.29. The number of thiol groups is 1. The third-order valence-electron chi connectivity index (χ3n) is 1.37. The molecule has 0 N–H and O–H groups in total. The molecular formula is C8H14F2S. The summed E-state index contributed by atoms with van der Waals surface area (Å²) in [5, 5.41) is -0.111. The van der Waals surface area contributed by atoms with Crippen LogP contribution in [0.4, 0.5) is 8.78 Å². The fourth-order valence-corrected chi connectivity index (χ4v) is 0.546. The monoisotopic (exact) mass is 180 g/mol. The molecule has 66 valence electrons. The van der Waals surface area contributed by atoms with Crippen LogP contribution < -0.4 is 0 Å². The minimum atomic E-state index is -2.70. The lowest BCUT2D eigenvalue weighted by atomic mass is 10.1. The van der Waals surface area contributed by atoms with E-state index in [9.17, 15) is 8.78 Å². The second-order valence-electron chi connectivity index (χ2n) is 2.93. The summed E-state index contributed by atoms with van der Waals surface area (Å²) in [6.45, 7) is 4.73. The zero-order chi connectivity index (χ0) is 9.07. The van der Waals surface area contributed by atoms with E-state index < -0.39 is 11.8 Å². The van der Waals surface area contributed by atoms with Gasteiger partial charge in [-0.25, -0.2) is 8.78 Å². The van der Waals surface area contributed by atoms with Crippen molar-refractivity contribution in [2.75, 3.05) is 0 Å². The molecule has 11 heavy (non-hydrogen) atoms. The van der Waals surface area contributed by atoms with Gasteiger partial charge in [-0.05, 0) is 6.08 Å². The molecular weight excluding hydrogens is 166 g/mol. The van der Waals surface area contributed by atoms with E-state index in [-0.39, 0.29) is 5.25 Å². The topological polar surface area (TPSA) is 0 Å². The summed E-state index contributed by atoms with van der Waals surface area (Å²) >= 11 is 3.96. The average molecular weight is 180 g/mol. The summed E-state index contributed by atoms with van der Waals surface area (Å²) in [7, 11) is 0. The van der Waals surface area contributed by atoms with Crippen LogP contribution in [0.3, 0.4) is 0 Å². The van der Waals surface area contributed by atoms with Crippen LogP contribution in [-0.4, -0.2) is 11.2 Å². The van der Waals surface area contributed by atoms with Crippen molar-refractivity contribution in [2.24, 2.45) is 5.92 Å². The molecule has 0 fully saturated rings. The Morgan fingerprint density at radius 1 is 1.27 bits per heavy atom. The van der Waals surface area contributed by atoms with Gasteiger partial charge in [0.25, 0.3) is 5.92 Å². The van der Waals surface area contributed by atoms with E-state index in [0.29, 0.717) is 0 Å². The molecule has 0 rings (SSSR count). The number of hydrogen-bond acceptors (Lipinski definition) is 1. The molecule has 1 atom stereocenters. The molecule has 3 heteroatoms. The van der Waals surface area contributed by atoms with Crippen molar-refractivity contribution < 1.29 is 8.78 Å². The molecule has 0 saturated carbocycles. The van der Waals surface area contributed by atoms with Crippen molar-refractivity contribution in [3.8, 4) is 0 Å². The molecule has 0 heterocycles. The number of hydrogen-bond donors (Lipinski definition) is 1. The van der Waals surface area contributed by atoms with Gasteiger partial charge in [0.05, 0.1) is 0 Å². The Hall–Kier alpha value is -0.0500. The minimum absolute atomic E-state index is 0.111. The van der Waals surface area contributed by atoms with Gasteiger partial charge in [-0.2, -0.15) is 12.6 Å². The maximum absolute atomic E-state index is 12.8. The van der Waals surface area contributed by atoms with E-state index in [0.717, 1.165) is 6.08 Å². The molecule has 0 bridgehead atoms. The Bertz CT molecular complexity index is 139. The molecule has 0 aromatic heterocycles. The maximum atomic E-state index is 12.8. The summed E-state index contributed by atoms with van der Waals surface area (Å²) in [6, 6.07) is 0. The smallest absolute Gasteiger partial charge is 0.202 e. The van der Waals surface area contributed by atoms with Crippen LogP contribution in [-0.2, 0) is 0 Å².